The van der Waals surface area contributed by atoms with Gasteiger partial charge in [0.2, 0.25) is 5.91 Å². The van der Waals surface area contributed by atoms with Gasteiger partial charge in [0, 0.05) is 18.4 Å². The van der Waals surface area contributed by atoms with E-state index >= 15 is 0 Å². The molecule has 0 aromatic heterocycles. The average Bonchev–Trinajstić information content (AvgIpc) is 2.50. The van der Waals surface area contributed by atoms with Crippen LogP contribution in [0.3, 0.4) is 0 Å². The van der Waals surface area contributed by atoms with Crippen molar-refractivity contribution < 1.29 is 14.7 Å². The van der Waals surface area contributed by atoms with Crippen molar-refractivity contribution in [3.8, 4) is 0 Å². The fraction of sp³-hybridized carbons (Fsp3) is 0.556. The molecule has 4 nitrogen and oxygen atoms in total. The van der Waals surface area contributed by atoms with Crippen LogP contribution in [0.5, 0.6) is 0 Å². The first-order chi connectivity index (χ1) is 10.5. The number of amides is 1. The van der Waals surface area contributed by atoms with Gasteiger partial charge in [-0.2, -0.15) is 0 Å². The zero-order valence-electron chi connectivity index (χ0n) is 13.4. The number of nitrogens with one attached hydrogen (secondary N) is 1. The van der Waals surface area contributed by atoms with E-state index in [2.05, 4.69) is 5.32 Å². The number of benzene rings is 1. The van der Waals surface area contributed by atoms with Crippen molar-refractivity contribution in [3.63, 3.8) is 0 Å². The predicted molar refractivity (Wildman–Crippen MR) is 85.9 cm³/mol. The Hall–Kier alpha value is -1.68. The van der Waals surface area contributed by atoms with Crippen molar-refractivity contribution >= 4 is 11.7 Å². The largest absolute Gasteiger partial charge is 0.391 e. The maximum Gasteiger partial charge on any atom is 0.220 e. The second kappa shape index (κ2) is 7.54. The van der Waals surface area contributed by atoms with Gasteiger partial charge >= 0.3 is 0 Å². The van der Waals surface area contributed by atoms with Gasteiger partial charge in [-0.25, -0.2) is 0 Å². The smallest absolute Gasteiger partial charge is 0.220 e. The predicted octanol–water partition coefficient (Wildman–Crippen LogP) is 2.69. The highest BCUT2D eigenvalue weighted by Crippen LogP contribution is 2.18. The SMILES string of the molecule is Cc1ccc(C(=O)CCC(=O)NC2CCCCC2O)cc1C. The van der Waals surface area contributed by atoms with Crippen LogP contribution in [-0.2, 0) is 4.79 Å². The molecule has 22 heavy (non-hydrogen) atoms. The van der Waals surface area contributed by atoms with Gasteiger partial charge in [0.15, 0.2) is 5.78 Å². The number of aliphatic hydroxyl groups excluding tert-OH is 1. The Kier molecular flexibility index (Phi) is 5.72. The Labute approximate surface area is 131 Å². The third-order valence-electron chi connectivity index (χ3n) is 4.48. The molecule has 2 N–H and O–H groups in total. The molecule has 0 bridgehead atoms. The lowest BCUT2D eigenvalue weighted by atomic mass is 9.92. The Balaban J connectivity index is 1.82. The van der Waals surface area contributed by atoms with E-state index in [4.69, 9.17) is 0 Å². The third kappa shape index (κ3) is 4.41. The zero-order valence-corrected chi connectivity index (χ0v) is 13.4. The summed E-state index contributed by atoms with van der Waals surface area (Å²) in [4.78, 5) is 24.1. The highest BCUT2D eigenvalue weighted by atomic mass is 16.3. The van der Waals surface area contributed by atoms with Gasteiger partial charge in [0.1, 0.15) is 0 Å². The van der Waals surface area contributed by atoms with Crippen LogP contribution in [-0.4, -0.2) is 28.9 Å². The van der Waals surface area contributed by atoms with E-state index in [1.165, 1.54) is 0 Å². The van der Waals surface area contributed by atoms with Crippen LogP contribution < -0.4 is 5.32 Å². The molecular formula is C18H25NO3. The summed E-state index contributed by atoms with van der Waals surface area (Å²) >= 11 is 0. The van der Waals surface area contributed by atoms with E-state index in [0.29, 0.717) is 5.56 Å². The van der Waals surface area contributed by atoms with Crippen molar-refractivity contribution in [1.82, 2.24) is 5.32 Å². The van der Waals surface area contributed by atoms with Gasteiger partial charge in [-0.1, -0.05) is 25.0 Å². The number of carbonyl (C=O) groups is 2. The first-order valence-corrected chi connectivity index (χ1v) is 8.05. The van der Waals surface area contributed by atoms with Crippen LogP contribution in [0.15, 0.2) is 18.2 Å². The van der Waals surface area contributed by atoms with E-state index in [-0.39, 0.29) is 30.6 Å². The van der Waals surface area contributed by atoms with Gasteiger partial charge < -0.3 is 10.4 Å². The van der Waals surface area contributed by atoms with Crippen molar-refractivity contribution in [3.05, 3.63) is 34.9 Å². The summed E-state index contributed by atoms with van der Waals surface area (Å²) in [6, 6.07) is 5.47. The molecule has 1 fully saturated rings. The lowest BCUT2D eigenvalue weighted by Gasteiger charge is -2.28. The van der Waals surface area contributed by atoms with Crippen LogP contribution >= 0.6 is 0 Å². The minimum absolute atomic E-state index is 0.0116. The number of rotatable bonds is 5. The average molecular weight is 303 g/mol. The number of aryl methyl sites for hydroxylation is 2. The van der Waals surface area contributed by atoms with Crippen LogP contribution in [0.25, 0.3) is 0 Å². The molecule has 0 spiro atoms. The molecule has 120 valence electrons. The van der Waals surface area contributed by atoms with E-state index < -0.39 is 6.10 Å². The first-order valence-electron chi connectivity index (χ1n) is 8.05. The Bertz CT molecular complexity index is 553. The molecule has 2 atom stereocenters. The topological polar surface area (TPSA) is 66.4 Å². The fourth-order valence-electron chi connectivity index (χ4n) is 2.84. The van der Waals surface area contributed by atoms with E-state index in [9.17, 15) is 14.7 Å². The number of hydrogen-bond donors (Lipinski definition) is 2. The van der Waals surface area contributed by atoms with Gasteiger partial charge in [-0.05, 0) is 43.9 Å². The first kappa shape index (κ1) is 16.7. The Morgan fingerprint density at radius 3 is 2.55 bits per heavy atom. The molecule has 0 radical (unpaired) electrons. The summed E-state index contributed by atoms with van der Waals surface area (Å²) < 4.78 is 0. The van der Waals surface area contributed by atoms with Crippen molar-refractivity contribution in [1.29, 1.82) is 0 Å². The highest BCUT2D eigenvalue weighted by Gasteiger charge is 2.24. The summed E-state index contributed by atoms with van der Waals surface area (Å²) in [6.45, 7) is 3.98. The summed E-state index contributed by atoms with van der Waals surface area (Å²) in [5.74, 6) is -0.162. The molecule has 0 saturated heterocycles. The summed E-state index contributed by atoms with van der Waals surface area (Å²) in [5.41, 5.74) is 2.90. The van der Waals surface area contributed by atoms with Gasteiger partial charge in [0.05, 0.1) is 12.1 Å². The fourth-order valence-corrected chi connectivity index (χ4v) is 2.84. The maximum absolute atomic E-state index is 12.1. The normalized spacial score (nSPS) is 21.4. The molecule has 2 rings (SSSR count). The Morgan fingerprint density at radius 2 is 1.86 bits per heavy atom. The lowest BCUT2D eigenvalue weighted by Crippen LogP contribution is -2.45. The second-order valence-electron chi connectivity index (χ2n) is 6.25. The number of hydrogen-bond acceptors (Lipinski definition) is 3. The third-order valence-corrected chi connectivity index (χ3v) is 4.48. The molecule has 1 amide bonds. The molecule has 1 aromatic rings. The monoisotopic (exact) mass is 303 g/mol. The van der Waals surface area contributed by atoms with E-state index in [1.54, 1.807) is 0 Å². The zero-order chi connectivity index (χ0) is 16.1. The summed E-state index contributed by atoms with van der Waals surface area (Å²) in [6.07, 6.45) is 3.53. The molecule has 1 aromatic carbocycles. The molecule has 4 heteroatoms. The minimum Gasteiger partial charge on any atom is -0.391 e. The maximum atomic E-state index is 12.1. The second-order valence-corrected chi connectivity index (χ2v) is 6.25. The lowest BCUT2D eigenvalue weighted by molar-refractivity contribution is -0.123. The number of carbonyl (C=O) groups excluding carboxylic acids is 2. The molecule has 1 saturated carbocycles. The summed E-state index contributed by atoms with van der Waals surface area (Å²) in [5, 5.41) is 12.7. The van der Waals surface area contributed by atoms with Gasteiger partial charge in [0.25, 0.3) is 0 Å². The molecule has 2 unspecified atom stereocenters. The molecule has 0 heterocycles. The standard InChI is InChI=1S/C18H25NO3/c1-12-7-8-14(11-13(12)2)16(20)9-10-18(22)19-15-5-3-4-6-17(15)21/h7-8,11,15,17,21H,3-6,9-10H2,1-2H3,(H,19,22). The number of Topliss-reactive ketones (excluding diaryl/α,β-unsaturated/α-hetero) is 1. The van der Waals surface area contributed by atoms with Crippen molar-refractivity contribution in [2.45, 2.75) is 64.5 Å². The van der Waals surface area contributed by atoms with Crippen LogP contribution in [0.1, 0.15) is 60.0 Å². The molecule has 1 aliphatic carbocycles. The van der Waals surface area contributed by atoms with E-state index in [1.807, 2.05) is 32.0 Å². The number of aliphatic hydroxyl groups is 1. The molecule has 1 aliphatic rings. The molecule has 0 aliphatic heterocycles. The van der Waals surface area contributed by atoms with Crippen LogP contribution in [0.2, 0.25) is 0 Å². The summed E-state index contributed by atoms with van der Waals surface area (Å²) in [7, 11) is 0. The Morgan fingerprint density at radius 1 is 1.14 bits per heavy atom. The van der Waals surface area contributed by atoms with Crippen molar-refractivity contribution in [2.75, 3.05) is 0 Å². The van der Waals surface area contributed by atoms with E-state index in [0.717, 1.165) is 36.8 Å². The van der Waals surface area contributed by atoms with Crippen LogP contribution in [0, 0.1) is 13.8 Å². The van der Waals surface area contributed by atoms with Gasteiger partial charge in [-0.3, -0.25) is 9.59 Å². The highest BCUT2D eigenvalue weighted by molar-refractivity contribution is 5.98. The minimum atomic E-state index is -0.451. The van der Waals surface area contributed by atoms with Crippen LogP contribution in [0.4, 0.5) is 0 Å². The number of ketones is 1. The van der Waals surface area contributed by atoms with Gasteiger partial charge in [-0.15, -0.1) is 0 Å². The van der Waals surface area contributed by atoms with Crippen molar-refractivity contribution in [2.24, 2.45) is 0 Å². The molecular weight excluding hydrogens is 278 g/mol. The quantitative estimate of drug-likeness (QED) is 0.822.